The summed E-state index contributed by atoms with van der Waals surface area (Å²) < 4.78 is 0. The number of carbonyl (C=O) groups is 1. The van der Waals surface area contributed by atoms with Crippen LogP contribution in [0.2, 0.25) is 0 Å². The van der Waals surface area contributed by atoms with Gasteiger partial charge in [0, 0.05) is 0 Å². The van der Waals surface area contributed by atoms with E-state index in [1.165, 1.54) is 0 Å². The molecule has 1 fully saturated rings. The molecule has 0 heterocycles. The van der Waals surface area contributed by atoms with Gasteiger partial charge >= 0.3 is 5.97 Å². The first-order valence-electron chi connectivity index (χ1n) is 5.96. The van der Waals surface area contributed by atoms with E-state index in [4.69, 9.17) is 0 Å². The van der Waals surface area contributed by atoms with Crippen LogP contribution in [0.25, 0.3) is 0 Å². The fraction of sp³-hybridized carbons (Fsp3) is 0.917. The number of hydrogen-bond acceptors (Lipinski definition) is 2. The van der Waals surface area contributed by atoms with Crippen LogP contribution in [0.15, 0.2) is 0 Å². The molecule has 0 saturated heterocycles. The monoisotopic (exact) mass is 214 g/mol. The summed E-state index contributed by atoms with van der Waals surface area (Å²) in [6.07, 6.45) is 5.14. The van der Waals surface area contributed by atoms with Gasteiger partial charge in [0.2, 0.25) is 0 Å². The molecule has 0 bridgehead atoms. The van der Waals surface area contributed by atoms with Gasteiger partial charge in [-0.3, -0.25) is 0 Å². The molecule has 0 spiro atoms. The standard InChI is InChI=1S/C12H22O3/c1-3-9(2)8-12(15,11(13)14)10-6-4-5-7-10/h9-10,15H,3-8H2,1-2H3,(H,13,14). The van der Waals surface area contributed by atoms with E-state index in [-0.39, 0.29) is 11.8 Å². The van der Waals surface area contributed by atoms with E-state index < -0.39 is 11.6 Å². The van der Waals surface area contributed by atoms with Gasteiger partial charge in [-0.25, -0.2) is 4.79 Å². The summed E-state index contributed by atoms with van der Waals surface area (Å²) in [4.78, 5) is 11.2. The van der Waals surface area contributed by atoms with Gasteiger partial charge in [0.15, 0.2) is 5.60 Å². The van der Waals surface area contributed by atoms with Gasteiger partial charge in [0.05, 0.1) is 0 Å². The van der Waals surface area contributed by atoms with Crippen LogP contribution in [-0.4, -0.2) is 21.8 Å². The molecule has 3 nitrogen and oxygen atoms in total. The Labute approximate surface area is 91.5 Å². The molecule has 0 aliphatic heterocycles. The van der Waals surface area contributed by atoms with Crippen molar-refractivity contribution in [3.05, 3.63) is 0 Å². The number of hydrogen-bond donors (Lipinski definition) is 2. The molecule has 88 valence electrons. The average Bonchev–Trinajstić information content (AvgIpc) is 2.70. The Balaban J connectivity index is 2.72. The molecule has 0 amide bonds. The third kappa shape index (κ3) is 2.71. The highest BCUT2D eigenvalue weighted by atomic mass is 16.4. The Kier molecular flexibility index (Phi) is 4.14. The SMILES string of the molecule is CCC(C)CC(O)(C(=O)O)C1CCCC1. The number of rotatable bonds is 5. The first kappa shape index (κ1) is 12.5. The van der Waals surface area contributed by atoms with Crippen LogP contribution in [0.5, 0.6) is 0 Å². The fourth-order valence-corrected chi connectivity index (χ4v) is 2.51. The lowest BCUT2D eigenvalue weighted by atomic mass is 9.79. The second-order valence-corrected chi connectivity index (χ2v) is 4.93. The van der Waals surface area contributed by atoms with Crippen LogP contribution in [0.3, 0.4) is 0 Å². The van der Waals surface area contributed by atoms with Crippen molar-refractivity contribution in [2.75, 3.05) is 0 Å². The minimum atomic E-state index is -1.48. The highest BCUT2D eigenvalue weighted by Crippen LogP contribution is 2.38. The predicted octanol–water partition coefficient (Wildman–Crippen LogP) is 2.43. The highest BCUT2D eigenvalue weighted by Gasteiger charge is 2.45. The molecule has 2 unspecified atom stereocenters. The van der Waals surface area contributed by atoms with Crippen molar-refractivity contribution in [1.29, 1.82) is 0 Å². The smallest absolute Gasteiger partial charge is 0.335 e. The maximum absolute atomic E-state index is 11.2. The first-order chi connectivity index (χ1) is 7.00. The number of carboxylic acids is 1. The number of aliphatic carboxylic acids is 1. The topological polar surface area (TPSA) is 57.5 Å². The van der Waals surface area contributed by atoms with Gasteiger partial charge in [-0.1, -0.05) is 33.1 Å². The van der Waals surface area contributed by atoms with Crippen molar-refractivity contribution in [2.45, 2.75) is 58.0 Å². The lowest BCUT2D eigenvalue weighted by molar-refractivity contribution is -0.167. The zero-order valence-corrected chi connectivity index (χ0v) is 9.70. The first-order valence-corrected chi connectivity index (χ1v) is 5.96. The number of carboxylic acid groups (broad SMARTS) is 1. The van der Waals surface area contributed by atoms with E-state index in [1.807, 2.05) is 13.8 Å². The van der Waals surface area contributed by atoms with Gasteiger partial charge in [-0.2, -0.15) is 0 Å². The van der Waals surface area contributed by atoms with Crippen molar-refractivity contribution in [3.8, 4) is 0 Å². The van der Waals surface area contributed by atoms with Gasteiger partial charge in [-0.05, 0) is 31.1 Å². The Morgan fingerprint density at radius 3 is 2.40 bits per heavy atom. The second-order valence-electron chi connectivity index (χ2n) is 4.93. The van der Waals surface area contributed by atoms with Gasteiger partial charge in [0.25, 0.3) is 0 Å². The minimum Gasteiger partial charge on any atom is -0.479 e. The van der Waals surface area contributed by atoms with Gasteiger partial charge in [0.1, 0.15) is 0 Å². The molecule has 1 aliphatic carbocycles. The Hall–Kier alpha value is -0.570. The largest absolute Gasteiger partial charge is 0.479 e. The third-order valence-electron chi connectivity index (χ3n) is 3.76. The van der Waals surface area contributed by atoms with E-state index in [0.29, 0.717) is 6.42 Å². The van der Waals surface area contributed by atoms with Crippen molar-refractivity contribution in [1.82, 2.24) is 0 Å². The molecule has 3 heteroatoms. The summed E-state index contributed by atoms with van der Waals surface area (Å²) in [5.74, 6) is -0.801. The maximum Gasteiger partial charge on any atom is 0.335 e. The van der Waals surface area contributed by atoms with Gasteiger partial charge in [-0.15, -0.1) is 0 Å². The lowest BCUT2D eigenvalue weighted by Crippen LogP contribution is -2.46. The molecule has 0 aromatic heterocycles. The lowest BCUT2D eigenvalue weighted by Gasteiger charge is -2.31. The third-order valence-corrected chi connectivity index (χ3v) is 3.76. The van der Waals surface area contributed by atoms with E-state index in [2.05, 4.69) is 0 Å². The van der Waals surface area contributed by atoms with Crippen molar-refractivity contribution >= 4 is 5.97 Å². The summed E-state index contributed by atoms with van der Waals surface area (Å²) in [6, 6.07) is 0. The van der Waals surface area contributed by atoms with Crippen LogP contribution in [0, 0.1) is 11.8 Å². The van der Waals surface area contributed by atoms with Crippen LogP contribution >= 0.6 is 0 Å². The summed E-state index contributed by atoms with van der Waals surface area (Å²) in [5.41, 5.74) is -1.48. The van der Waals surface area contributed by atoms with E-state index in [0.717, 1.165) is 32.1 Å². The molecule has 0 aromatic carbocycles. The quantitative estimate of drug-likeness (QED) is 0.739. The van der Waals surface area contributed by atoms with Crippen molar-refractivity contribution < 1.29 is 15.0 Å². The molecule has 1 rings (SSSR count). The van der Waals surface area contributed by atoms with Crippen LogP contribution in [0.4, 0.5) is 0 Å². The van der Waals surface area contributed by atoms with Gasteiger partial charge < -0.3 is 10.2 Å². The Bertz CT molecular complexity index is 221. The maximum atomic E-state index is 11.2. The molecular weight excluding hydrogens is 192 g/mol. The van der Waals surface area contributed by atoms with Crippen LogP contribution in [0.1, 0.15) is 52.4 Å². The molecule has 2 N–H and O–H groups in total. The van der Waals surface area contributed by atoms with Crippen molar-refractivity contribution in [2.24, 2.45) is 11.8 Å². The second kappa shape index (κ2) is 4.97. The van der Waals surface area contributed by atoms with Crippen LogP contribution < -0.4 is 0 Å². The summed E-state index contributed by atoms with van der Waals surface area (Å²) in [7, 11) is 0. The summed E-state index contributed by atoms with van der Waals surface area (Å²) >= 11 is 0. The van der Waals surface area contributed by atoms with Crippen LogP contribution in [-0.2, 0) is 4.79 Å². The molecule has 0 aromatic rings. The van der Waals surface area contributed by atoms with E-state index >= 15 is 0 Å². The average molecular weight is 214 g/mol. The van der Waals surface area contributed by atoms with E-state index in [1.54, 1.807) is 0 Å². The summed E-state index contributed by atoms with van der Waals surface area (Å²) in [5, 5.41) is 19.5. The number of aliphatic hydroxyl groups is 1. The Morgan fingerprint density at radius 2 is 2.00 bits per heavy atom. The molecule has 1 aliphatic rings. The molecule has 2 atom stereocenters. The predicted molar refractivity (Wildman–Crippen MR) is 58.6 cm³/mol. The van der Waals surface area contributed by atoms with Crippen molar-refractivity contribution in [3.63, 3.8) is 0 Å². The normalized spacial score (nSPS) is 23.7. The fourth-order valence-electron chi connectivity index (χ4n) is 2.51. The van der Waals surface area contributed by atoms with E-state index in [9.17, 15) is 15.0 Å². The highest BCUT2D eigenvalue weighted by molar-refractivity contribution is 5.77. The zero-order chi connectivity index (χ0) is 11.5. The zero-order valence-electron chi connectivity index (χ0n) is 9.70. The summed E-state index contributed by atoms with van der Waals surface area (Å²) in [6.45, 7) is 4.03. The molecule has 15 heavy (non-hydrogen) atoms. The molecule has 0 radical (unpaired) electrons. The Morgan fingerprint density at radius 1 is 1.47 bits per heavy atom. The minimum absolute atomic E-state index is 0.0380. The molecule has 1 saturated carbocycles. The molecular formula is C12H22O3.